The van der Waals surface area contributed by atoms with Crippen LogP contribution in [-0.4, -0.2) is 12.6 Å². The summed E-state index contributed by atoms with van der Waals surface area (Å²) in [6.45, 7) is 5.66. The summed E-state index contributed by atoms with van der Waals surface area (Å²) < 4.78 is 5.06. The monoisotopic (exact) mass is 221 g/mol. The SMILES string of the molecule is C=C(C)C(=O)OCCC1CCC(C#N)CC1. The molecular formula is C13H19NO2. The van der Waals surface area contributed by atoms with Crippen LogP contribution in [-0.2, 0) is 9.53 Å². The number of hydrogen-bond donors (Lipinski definition) is 0. The van der Waals surface area contributed by atoms with Gasteiger partial charge in [-0.2, -0.15) is 5.26 Å². The summed E-state index contributed by atoms with van der Waals surface area (Å²) in [4.78, 5) is 11.1. The zero-order valence-electron chi connectivity index (χ0n) is 9.87. The normalized spacial score (nSPS) is 24.5. The van der Waals surface area contributed by atoms with E-state index in [4.69, 9.17) is 10.00 Å². The number of hydrogen-bond acceptors (Lipinski definition) is 3. The fourth-order valence-electron chi connectivity index (χ4n) is 2.02. The summed E-state index contributed by atoms with van der Waals surface area (Å²) in [5.41, 5.74) is 0.452. The molecular weight excluding hydrogens is 202 g/mol. The van der Waals surface area contributed by atoms with E-state index < -0.39 is 0 Å². The predicted octanol–water partition coefficient (Wildman–Crippen LogP) is 2.83. The van der Waals surface area contributed by atoms with Crippen molar-refractivity contribution in [2.75, 3.05) is 6.61 Å². The largest absolute Gasteiger partial charge is 0.462 e. The third kappa shape index (κ3) is 4.06. The Hall–Kier alpha value is -1.30. The first-order valence-electron chi connectivity index (χ1n) is 5.85. The van der Waals surface area contributed by atoms with E-state index in [0.29, 0.717) is 18.1 Å². The molecule has 3 nitrogen and oxygen atoms in total. The molecule has 0 saturated heterocycles. The molecule has 0 N–H and O–H groups in total. The minimum Gasteiger partial charge on any atom is -0.462 e. The molecule has 1 aliphatic carbocycles. The van der Waals surface area contributed by atoms with Gasteiger partial charge in [0.05, 0.1) is 12.7 Å². The second-order valence-electron chi connectivity index (χ2n) is 4.55. The Bertz CT molecular complexity index is 296. The van der Waals surface area contributed by atoms with Crippen LogP contribution in [0.15, 0.2) is 12.2 Å². The molecule has 1 saturated carbocycles. The van der Waals surface area contributed by atoms with Crippen molar-refractivity contribution in [2.24, 2.45) is 11.8 Å². The predicted molar refractivity (Wildman–Crippen MR) is 61.5 cm³/mol. The van der Waals surface area contributed by atoms with Crippen molar-refractivity contribution >= 4 is 5.97 Å². The number of carbonyl (C=O) groups is 1. The fourth-order valence-corrected chi connectivity index (χ4v) is 2.02. The van der Waals surface area contributed by atoms with E-state index in [1.54, 1.807) is 6.92 Å². The second-order valence-corrected chi connectivity index (χ2v) is 4.55. The summed E-state index contributed by atoms with van der Waals surface area (Å²) in [5.74, 6) is 0.558. The lowest BCUT2D eigenvalue weighted by molar-refractivity contribution is -0.139. The van der Waals surface area contributed by atoms with Gasteiger partial charge in [0.25, 0.3) is 0 Å². The summed E-state index contributed by atoms with van der Waals surface area (Å²) in [6.07, 6.45) is 5.08. The number of carbonyl (C=O) groups excluding carboxylic acids is 1. The topological polar surface area (TPSA) is 50.1 Å². The summed E-state index contributed by atoms with van der Waals surface area (Å²) >= 11 is 0. The van der Waals surface area contributed by atoms with Crippen molar-refractivity contribution < 1.29 is 9.53 Å². The lowest BCUT2D eigenvalue weighted by Crippen LogP contribution is -2.16. The molecule has 88 valence electrons. The van der Waals surface area contributed by atoms with Crippen molar-refractivity contribution in [3.63, 3.8) is 0 Å². The Balaban J connectivity index is 2.14. The van der Waals surface area contributed by atoms with Crippen LogP contribution in [0.25, 0.3) is 0 Å². The number of esters is 1. The van der Waals surface area contributed by atoms with E-state index in [2.05, 4.69) is 12.6 Å². The molecule has 0 atom stereocenters. The minimum absolute atomic E-state index is 0.245. The van der Waals surface area contributed by atoms with E-state index in [1.165, 1.54) is 0 Å². The third-order valence-electron chi connectivity index (χ3n) is 3.14. The Morgan fingerprint density at radius 3 is 2.56 bits per heavy atom. The lowest BCUT2D eigenvalue weighted by atomic mass is 9.81. The molecule has 0 heterocycles. The van der Waals surface area contributed by atoms with Crippen LogP contribution < -0.4 is 0 Å². The van der Waals surface area contributed by atoms with Crippen molar-refractivity contribution in [1.82, 2.24) is 0 Å². The highest BCUT2D eigenvalue weighted by atomic mass is 16.5. The molecule has 1 rings (SSSR count). The minimum atomic E-state index is -0.300. The molecule has 16 heavy (non-hydrogen) atoms. The maximum atomic E-state index is 11.1. The first-order valence-corrected chi connectivity index (χ1v) is 5.85. The van der Waals surface area contributed by atoms with Crippen LogP contribution in [0.2, 0.25) is 0 Å². The van der Waals surface area contributed by atoms with E-state index in [0.717, 1.165) is 32.1 Å². The summed E-state index contributed by atoms with van der Waals surface area (Å²) in [6, 6.07) is 2.32. The molecule has 0 aromatic carbocycles. The molecule has 0 aliphatic heterocycles. The molecule has 0 spiro atoms. The maximum absolute atomic E-state index is 11.1. The van der Waals surface area contributed by atoms with Gasteiger partial charge in [-0.1, -0.05) is 6.58 Å². The second kappa shape index (κ2) is 6.32. The lowest BCUT2D eigenvalue weighted by Gasteiger charge is -2.24. The smallest absolute Gasteiger partial charge is 0.333 e. The molecule has 0 bridgehead atoms. The Labute approximate surface area is 97.1 Å². The van der Waals surface area contributed by atoms with Crippen molar-refractivity contribution in [2.45, 2.75) is 39.0 Å². The van der Waals surface area contributed by atoms with E-state index in [-0.39, 0.29) is 11.9 Å². The highest BCUT2D eigenvalue weighted by molar-refractivity contribution is 5.86. The van der Waals surface area contributed by atoms with E-state index >= 15 is 0 Å². The molecule has 0 radical (unpaired) electrons. The average Bonchev–Trinajstić information content (AvgIpc) is 2.29. The summed E-state index contributed by atoms with van der Waals surface area (Å²) in [5, 5.41) is 8.76. The van der Waals surface area contributed by atoms with Gasteiger partial charge in [-0.25, -0.2) is 4.79 Å². The average molecular weight is 221 g/mol. The van der Waals surface area contributed by atoms with Gasteiger partial charge in [-0.05, 0) is 44.9 Å². The van der Waals surface area contributed by atoms with Crippen LogP contribution in [0.4, 0.5) is 0 Å². The maximum Gasteiger partial charge on any atom is 0.333 e. The molecule has 3 heteroatoms. The van der Waals surface area contributed by atoms with Gasteiger partial charge in [0.2, 0.25) is 0 Å². The van der Waals surface area contributed by atoms with Gasteiger partial charge in [0.15, 0.2) is 0 Å². The Morgan fingerprint density at radius 2 is 2.06 bits per heavy atom. The molecule has 0 aromatic heterocycles. The number of ether oxygens (including phenoxy) is 1. The molecule has 1 aliphatic rings. The van der Waals surface area contributed by atoms with Gasteiger partial charge < -0.3 is 4.74 Å². The number of nitrogens with zero attached hydrogens (tertiary/aromatic N) is 1. The number of rotatable bonds is 4. The molecule has 0 unspecified atom stereocenters. The van der Waals surface area contributed by atoms with Gasteiger partial charge in [-0.15, -0.1) is 0 Å². The highest BCUT2D eigenvalue weighted by Gasteiger charge is 2.20. The standard InChI is InChI=1S/C13H19NO2/c1-10(2)13(15)16-8-7-11-3-5-12(9-14)6-4-11/h11-12H,1,3-8H2,2H3. The summed E-state index contributed by atoms with van der Waals surface area (Å²) in [7, 11) is 0. The van der Waals surface area contributed by atoms with E-state index in [1.807, 2.05) is 0 Å². The third-order valence-corrected chi connectivity index (χ3v) is 3.14. The quantitative estimate of drug-likeness (QED) is 0.541. The fraction of sp³-hybridized carbons (Fsp3) is 0.692. The van der Waals surface area contributed by atoms with Gasteiger partial charge in [0.1, 0.15) is 0 Å². The Morgan fingerprint density at radius 1 is 1.44 bits per heavy atom. The first-order chi connectivity index (χ1) is 7.63. The zero-order valence-corrected chi connectivity index (χ0v) is 9.87. The molecule has 0 amide bonds. The van der Waals surface area contributed by atoms with E-state index in [9.17, 15) is 4.79 Å². The van der Waals surface area contributed by atoms with Gasteiger partial charge in [0, 0.05) is 11.5 Å². The van der Waals surface area contributed by atoms with Crippen molar-refractivity contribution in [1.29, 1.82) is 5.26 Å². The van der Waals surface area contributed by atoms with Crippen molar-refractivity contribution in [3.8, 4) is 6.07 Å². The molecule has 1 fully saturated rings. The van der Waals surface area contributed by atoms with Gasteiger partial charge in [-0.3, -0.25) is 0 Å². The van der Waals surface area contributed by atoms with Crippen LogP contribution in [0, 0.1) is 23.2 Å². The zero-order chi connectivity index (χ0) is 12.0. The molecule has 0 aromatic rings. The van der Waals surface area contributed by atoms with Crippen LogP contribution in [0.3, 0.4) is 0 Å². The highest BCUT2D eigenvalue weighted by Crippen LogP contribution is 2.30. The van der Waals surface area contributed by atoms with Crippen LogP contribution >= 0.6 is 0 Å². The van der Waals surface area contributed by atoms with Gasteiger partial charge >= 0.3 is 5.97 Å². The Kier molecular flexibility index (Phi) is 5.04. The first kappa shape index (κ1) is 12.8. The van der Waals surface area contributed by atoms with Crippen molar-refractivity contribution in [3.05, 3.63) is 12.2 Å². The number of nitriles is 1. The van der Waals surface area contributed by atoms with Crippen LogP contribution in [0.1, 0.15) is 39.0 Å². The van der Waals surface area contributed by atoms with Crippen LogP contribution in [0.5, 0.6) is 0 Å².